The fourth-order valence-corrected chi connectivity index (χ4v) is 2.54. The average Bonchev–Trinajstić information content (AvgIpc) is 2.87. The first-order valence-corrected chi connectivity index (χ1v) is 6.68. The Morgan fingerprint density at radius 3 is 2.89 bits per heavy atom. The van der Waals surface area contributed by atoms with Gasteiger partial charge in [0.1, 0.15) is 0 Å². The third kappa shape index (κ3) is 2.34. The molecule has 0 saturated heterocycles. The normalized spacial score (nSPS) is 14.5. The molecule has 2 heterocycles. The lowest BCUT2D eigenvalue weighted by molar-refractivity contribution is 0.174. The monoisotopic (exact) mass is 305 g/mol. The number of pyridine rings is 1. The van der Waals surface area contributed by atoms with E-state index in [4.69, 9.17) is 9.47 Å². The minimum absolute atomic E-state index is 0.224. The van der Waals surface area contributed by atoms with Gasteiger partial charge in [0.2, 0.25) is 6.79 Å². The summed E-state index contributed by atoms with van der Waals surface area (Å²) in [5.41, 5.74) is 2.24. The summed E-state index contributed by atoms with van der Waals surface area (Å²) in [5.74, 6) is 1.63. The molecule has 0 fully saturated rings. The molecule has 3 rings (SSSR count). The van der Waals surface area contributed by atoms with Crippen LogP contribution in [-0.4, -0.2) is 11.8 Å². The molecule has 0 bridgehead atoms. The van der Waals surface area contributed by atoms with Gasteiger partial charge in [0.15, 0.2) is 11.5 Å². The van der Waals surface area contributed by atoms with Crippen LogP contribution in [0.3, 0.4) is 0 Å². The maximum atomic E-state index is 5.38. The lowest BCUT2D eigenvalue weighted by atomic mass is 10.1. The minimum Gasteiger partial charge on any atom is -0.454 e. The standard InChI is InChI=1S/C14H12BrNO2/c15-12(8-11-3-1-2-6-16-11)10-4-5-13-14(7-10)18-9-17-13/h1-7,12H,8-9H2. The highest BCUT2D eigenvalue weighted by Gasteiger charge is 2.16. The van der Waals surface area contributed by atoms with Gasteiger partial charge in [0, 0.05) is 23.1 Å². The number of fused-ring (bicyclic) bond motifs is 1. The zero-order chi connectivity index (χ0) is 12.4. The van der Waals surface area contributed by atoms with E-state index in [9.17, 15) is 0 Å². The van der Waals surface area contributed by atoms with Gasteiger partial charge in [-0.05, 0) is 29.8 Å². The zero-order valence-electron chi connectivity index (χ0n) is 9.67. The fourth-order valence-electron chi connectivity index (χ4n) is 1.93. The van der Waals surface area contributed by atoms with E-state index in [0.29, 0.717) is 6.79 Å². The van der Waals surface area contributed by atoms with Gasteiger partial charge >= 0.3 is 0 Å². The molecule has 0 radical (unpaired) electrons. The summed E-state index contributed by atoms with van der Waals surface area (Å²) < 4.78 is 10.7. The molecule has 2 aromatic rings. The molecule has 1 aromatic carbocycles. The maximum Gasteiger partial charge on any atom is 0.231 e. The number of ether oxygens (including phenoxy) is 2. The molecule has 1 aliphatic heterocycles. The highest BCUT2D eigenvalue weighted by atomic mass is 79.9. The van der Waals surface area contributed by atoms with Crippen molar-refractivity contribution in [2.45, 2.75) is 11.2 Å². The molecule has 0 saturated carbocycles. The second kappa shape index (κ2) is 4.98. The quantitative estimate of drug-likeness (QED) is 0.814. The summed E-state index contributed by atoms with van der Waals surface area (Å²) >= 11 is 3.69. The first kappa shape index (κ1) is 11.5. The van der Waals surface area contributed by atoms with Crippen LogP contribution in [0.15, 0.2) is 42.6 Å². The number of rotatable bonds is 3. The van der Waals surface area contributed by atoms with Gasteiger partial charge in [0.05, 0.1) is 0 Å². The van der Waals surface area contributed by atoms with Crippen molar-refractivity contribution in [3.8, 4) is 11.5 Å². The van der Waals surface area contributed by atoms with Gasteiger partial charge in [-0.2, -0.15) is 0 Å². The van der Waals surface area contributed by atoms with Gasteiger partial charge in [0.25, 0.3) is 0 Å². The van der Waals surface area contributed by atoms with E-state index >= 15 is 0 Å². The van der Waals surface area contributed by atoms with Crippen molar-refractivity contribution in [2.75, 3.05) is 6.79 Å². The second-order valence-corrected chi connectivity index (χ2v) is 5.21. The Bertz CT molecular complexity index is 545. The molecule has 1 unspecified atom stereocenters. The number of aromatic nitrogens is 1. The number of hydrogen-bond acceptors (Lipinski definition) is 3. The molecule has 1 aromatic heterocycles. The Labute approximate surface area is 114 Å². The van der Waals surface area contributed by atoms with Crippen molar-refractivity contribution < 1.29 is 9.47 Å². The molecule has 92 valence electrons. The van der Waals surface area contributed by atoms with Crippen molar-refractivity contribution >= 4 is 15.9 Å². The molecule has 4 heteroatoms. The Morgan fingerprint density at radius 2 is 2.06 bits per heavy atom. The van der Waals surface area contributed by atoms with Crippen LogP contribution in [0.5, 0.6) is 11.5 Å². The molecular weight excluding hydrogens is 294 g/mol. The van der Waals surface area contributed by atoms with E-state index in [1.165, 1.54) is 5.56 Å². The minimum atomic E-state index is 0.224. The van der Waals surface area contributed by atoms with Crippen LogP contribution in [0, 0.1) is 0 Å². The number of benzene rings is 1. The number of nitrogens with zero attached hydrogens (tertiary/aromatic N) is 1. The molecular formula is C14H12BrNO2. The molecule has 0 amide bonds. The van der Waals surface area contributed by atoms with E-state index in [-0.39, 0.29) is 4.83 Å². The molecule has 3 nitrogen and oxygen atoms in total. The van der Waals surface area contributed by atoms with Crippen LogP contribution in [0.4, 0.5) is 0 Å². The van der Waals surface area contributed by atoms with Gasteiger partial charge in [-0.1, -0.05) is 28.1 Å². The summed E-state index contributed by atoms with van der Waals surface area (Å²) in [6.45, 7) is 0.311. The van der Waals surface area contributed by atoms with E-state index in [1.807, 2.05) is 36.5 Å². The fraction of sp³-hybridized carbons (Fsp3) is 0.214. The Hall–Kier alpha value is -1.55. The van der Waals surface area contributed by atoms with Gasteiger partial charge in [-0.25, -0.2) is 0 Å². The summed E-state index contributed by atoms with van der Waals surface area (Å²) in [4.78, 5) is 4.55. The molecule has 18 heavy (non-hydrogen) atoms. The van der Waals surface area contributed by atoms with E-state index in [1.54, 1.807) is 0 Å². The van der Waals surface area contributed by atoms with Crippen molar-refractivity contribution in [2.24, 2.45) is 0 Å². The highest BCUT2D eigenvalue weighted by Crippen LogP contribution is 2.36. The topological polar surface area (TPSA) is 31.4 Å². The van der Waals surface area contributed by atoms with Crippen molar-refractivity contribution in [3.63, 3.8) is 0 Å². The first-order valence-electron chi connectivity index (χ1n) is 5.76. The largest absolute Gasteiger partial charge is 0.454 e. The van der Waals surface area contributed by atoms with Crippen LogP contribution in [0.1, 0.15) is 16.1 Å². The smallest absolute Gasteiger partial charge is 0.231 e. The van der Waals surface area contributed by atoms with E-state index in [2.05, 4.69) is 27.0 Å². The lowest BCUT2D eigenvalue weighted by Crippen LogP contribution is -1.97. The third-order valence-electron chi connectivity index (χ3n) is 2.87. The number of hydrogen-bond donors (Lipinski definition) is 0. The molecule has 0 aliphatic carbocycles. The predicted octanol–water partition coefficient (Wildman–Crippen LogP) is 3.49. The number of halogens is 1. The molecule has 1 aliphatic rings. The predicted molar refractivity (Wildman–Crippen MR) is 72.2 cm³/mol. The van der Waals surface area contributed by atoms with Gasteiger partial charge in [-0.3, -0.25) is 4.98 Å². The first-order chi connectivity index (χ1) is 8.83. The van der Waals surface area contributed by atoms with Crippen molar-refractivity contribution in [1.29, 1.82) is 0 Å². The average molecular weight is 306 g/mol. The third-order valence-corrected chi connectivity index (χ3v) is 3.73. The number of alkyl halides is 1. The van der Waals surface area contributed by atoms with Crippen molar-refractivity contribution in [3.05, 3.63) is 53.9 Å². The highest BCUT2D eigenvalue weighted by molar-refractivity contribution is 9.09. The molecule has 1 atom stereocenters. The van der Waals surface area contributed by atoms with Crippen LogP contribution < -0.4 is 9.47 Å². The SMILES string of the molecule is BrC(Cc1ccccn1)c1ccc2c(c1)OCO2. The lowest BCUT2D eigenvalue weighted by Gasteiger charge is -2.10. The van der Waals surface area contributed by atoms with E-state index < -0.39 is 0 Å². The Kier molecular flexibility index (Phi) is 3.19. The van der Waals surface area contributed by atoms with Crippen LogP contribution >= 0.6 is 15.9 Å². The Balaban J connectivity index is 1.78. The van der Waals surface area contributed by atoms with Gasteiger partial charge in [-0.15, -0.1) is 0 Å². The zero-order valence-corrected chi connectivity index (χ0v) is 11.3. The Morgan fingerprint density at radius 1 is 1.17 bits per heavy atom. The summed E-state index contributed by atoms with van der Waals surface area (Å²) in [5, 5.41) is 0. The van der Waals surface area contributed by atoms with Crippen LogP contribution in [-0.2, 0) is 6.42 Å². The summed E-state index contributed by atoms with van der Waals surface area (Å²) in [6.07, 6.45) is 2.66. The van der Waals surface area contributed by atoms with E-state index in [0.717, 1.165) is 23.6 Å². The second-order valence-electron chi connectivity index (χ2n) is 4.11. The van der Waals surface area contributed by atoms with Gasteiger partial charge < -0.3 is 9.47 Å². The summed E-state index contributed by atoms with van der Waals surface area (Å²) in [7, 11) is 0. The van der Waals surface area contributed by atoms with Crippen molar-refractivity contribution in [1.82, 2.24) is 4.98 Å². The van der Waals surface area contributed by atoms with Crippen LogP contribution in [0.2, 0.25) is 0 Å². The summed E-state index contributed by atoms with van der Waals surface area (Å²) in [6, 6.07) is 12.0. The maximum absolute atomic E-state index is 5.38. The van der Waals surface area contributed by atoms with Crippen LogP contribution in [0.25, 0.3) is 0 Å². The molecule has 0 N–H and O–H groups in total. The molecule has 0 spiro atoms.